The molecule has 3 N–H and O–H groups in total. The molecule has 1 unspecified atom stereocenters. The summed E-state index contributed by atoms with van der Waals surface area (Å²) in [6.07, 6.45) is 7.96. The maximum atomic E-state index is 9.21. The first kappa shape index (κ1) is 20.6. The zero-order valence-electron chi connectivity index (χ0n) is 18.8. The normalized spacial score (nSPS) is 17.6. The smallest absolute Gasteiger partial charge is 0.137 e. The summed E-state index contributed by atoms with van der Waals surface area (Å²) in [5.41, 5.74) is 10.1. The molecule has 2 fully saturated rings. The number of nitriles is 1. The number of pyridine rings is 3. The molecule has 3 aromatic heterocycles. The third-order valence-electron chi connectivity index (χ3n) is 6.65. The highest BCUT2D eigenvalue weighted by atomic mass is 15.3. The Morgan fingerprint density at radius 3 is 2.65 bits per heavy atom. The molecular weight excluding hydrogens is 422 g/mol. The number of benzene rings is 1. The van der Waals surface area contributed by atoms with Crippen LogP contribution in [0.4, 0.5) is 17.5 Å². The first-order valence-corrected chi connectivity index (χ1v) is 11.7. The molecule has 4 heterocycles. The number of anilines is 3. The molecular formula is C27H25N7. The molecule has 0 amide bonds. The monoisotopic (exact) mass is 447 g/mol. The number of nitrogens with one attached hydrogen (secondary N) is 1. The predicted octanol–water partition coefficient (Wildman–Crippen LogP) is 5.07. The molecule has 1 saturated heterocycles. The Kier molecular flexibility index (Phi) is 5.08. The molecule has 0 bridgehead atoms. The second kappa shape index (κ2) is 8.40. The summed E-state index contributed by atoms with van der Waals surface area (Å²) in [5.74, 6) is 2.85. The van der Waals surface area contributed by atoms with Gasteiger partial charge in [0.15, 0.2) is 0 Å². The Bertz CT molecular complexity index is 1420. The van der Waals surface area contributed by atoms with E-state index in [0.717, 1.165) is 53.1 Å². The number of hydrogen-bond acceptors (Lipinski definition) is 7. The molecule has 1 atom stereocenters. The first-order chi connectivity index (χ1) is 16.7. The minimum Gasteiger partial charge on any atom is -0.341 e. The van der Waals surface area contributed by atoms with Gasteiger partial charge in [-0.1, -0.05) is 12.1 Å². The fraction of sp³-hybridized carbons (Fsp3) is 0.259. The van der Waals surface area contributed by atoms with Crippen LogP contribution in [0.5, 0.6) is 0 Å². The molecule has 2 aliphatic rings. The van der Waals surface area contributed by atoms with Gasteiger partial charge in [-0.05, 0) is 78.9 Å². The van der Waals surface area contributed by atoms with E-state index >= 15 is 0 Å². The van der Waals surface area contributed by atoms with Gasteiger partial charge >= 0.3 is 0 Å². The van der Waals surface area contributed by atoms with Crippen molar-refractivity contribution in [2.75, 3.05) is 16.8 Å². The average molecular weight is 448 g/mol. The summed E-state index contributed by atoms with van der Waals surface area (Å²) in [5, 5.41) is 14.7. The highest BCUT2D eigenvalue weighted by Crippen LogP contribution is 2.42. The quantitative estimate of drug-likeness (QED) is 0.440. The van der Waals surface area contributed by atoms with E-state index in [0.29, 0.717) is 17.3 Å². The summed E-state index contributed by atoms with van der Waals surface area (Å²) in [7, 11) is 0. The van der Waals surface area contributed by atoms with E-state index in [1.807, 2.05) is 12.3 Å². The second-order valence-corrected chi connectivity index (χ2v) is 9.09. The van der Waals surface area contributed by atoms with Gasteiger partial charge < -0.3 is 16.0 Å². The molecule has 7 heteroatoms. The molecule has 168 valence electrons. The lowest BCUT2D eigenvalue weighted by Gasteiger charge is -2.24. The lowest BCUT2D eigenvalue weighted by Crippen LogP contribution is -2.37. The van der Waals surface area contributed by atoms with Crippen LogP contribution >= 0.6 is 0 Å². The molecule has 1 saturated carbocycles. The van der Waals surface area contributed by atoms with Crippen LogP contribution < -0.4 is 16.0 Å². The van der Waals surface area contributed by atoms with Gasteiger partial charge in [0.05, 0.1) is 23.5 Å². The number of hydrogen-bond donors (Lipinski definition) is 2. The maximum absolute atomic E-state index is 9.21. The van der Waals surface area contributed by atoms with Gasteiger partial charge in [-0.3, -0.25) is 0 Å². The van der Waals surface area contributed by atoms with Gasteiger partial charge in [0, 0.05) is 29.9 Å². The van der Waals surface area contributed by atoms with Crippen molar-refractivity contribution in [2.24, 2.45) is 5.73 Å². The lowest BCUT2D eigenvalue weighted by molar-refractivity contribution is 0.696. The Hall–Kier alpha value is -4.02. The van der Waals surface area contributed by atoms with Crippen LogP contribution in [0.1, 0.15) is 42.7 Å². The minimum atomic E-state index is 0.00514. The van der Waals surface area contributed by atoms with Crippen LogP contribution in [0.3, 0.4) is 0 Å². The fourth-order valence-electron chi connectivity index (χ4n) is 4.71. The van der Waals surface area contributed by atoms with Crippen molar-refractivity contribution in [3.63, 3.8) is 0 Å². The number of fused-ring (bicyclic) bond motifs is 1. The predicted molar refractivity (Wildman–Crippen MR) is 134 cm³/mol. The number of rotatable bonds is 5. The Morgan fingerprint density at radius 2 is 1.85 bits per heavy atom. The standard InChI is InChI=1S/C27H25N7/c28-16-17-7-9-30-25(12-17)33-26-15-21(18-3-4-18)14-23(32-26)20-6-5-19-8-10-31-27(22(19)13-20)34-11-1-2-24(34)29/h5-10,12-15,18,24H,1-4,11,29H2,(H,30,32,33). The van der Waals surface area contributed by atoms with Crippen molar-refractivity contribution in [1.29, 1.82) is 5.26 Å². The number of nitrogens with two attached hydrogens (primary N) is 1. The van der Waals surface area contributed by atoms with Gasteiger partial charge in [-0.2, -0.15) is 5.26 Å². The van der Waals surface area contributed by atoms with E-state index in [9.17, 15) is 5.26 Å². The molecule has 1 aliphatic heterocycles. The van der Waals surface area contributed by atoms with Crippen LogP contribution in [-0.2, 0) is 0 Å². The summed E-state index contributed by atoms with van der Waals surface area (Å²) in [6.45, 7) is 0.926. The number of aromatic nitrogens is 3. The van der Waals surface area contributed by atoms with Crippen LogP contribution in [0, 0.1) is 11.3 Å². The van der Waals surface area contributed by atoms with Gasteiger partial charge in [0.2, 0.25) is 0 Å². The van der Waals surface area contributed by atoms with Crippen LogP contribution in [0.15, 0.2) is 60.9 Å². The van der Waals surface area contributed by atoms with E-state index < -0.39 is 0 Å². The van der Waals surface area contributed by atoms with Crippen molar-refractivity contribution >= 4 is 28.2 Å². The van der Waals surface area contributed by atoms with Gasteiger partial charge in [0.1, 0.15) is 17.5 Å². The summed E-state index contributed by atoms with van der Waals surface area (Å²) in [4.78, 5) is 16.2. The summed E-state index contributed by atoms with van der Waals surface area (Å²) >= 11 is 0. The van der Waals surface area contributed by atoms with Gasteiger partial charge in [-0.25, -0.2) is 15.0 Å². The van der Waals surface area contributed by atoms with Crippen LogP contribution in [-0.4, -0.2) is 27.7 Å². The largest absolute Gasteiger partial charge is 0.341 e. The van der Waals surface area contributed by atoms with Crippen LogP contribution in [0.25, 0.3) is 22.0 Å². The Morgan fingerprint density at radius 1 is 0.971 bits per heavy atom. The van der Waals surface area contributed by atoms with E-state index in [-0.39, 0.29) is 6.17 Å². The third kappa shape index (κ3) is 3.93. The molecule has 1 aliphatic carbocycles. The molecule has 34 heavy (non-hydrogen) atoms. The average Bonchev–Trinajstić information content (AvgIpc) is 3.64. The Labute approximate surface area is 198 Å². The lowest BCUT2D eigenvalue weighted by atomic mass is 10.0. The van der Waals surface area contributed by atoms with E-state index in [2.05, 4.69) is 51.6 Å². The van der Waals surface area contributed by atoms with Crippen molar-refractivity contribution < 1.29 is 0 Å². The molecule has 4 aromatic rings. The highest BCUT2D eigenvalue weighted by molar-refractivity contribution is 5.95. The molecule has 0 spiro atoms. The molecule has 6 rings (SSSR count). The topological polar surface area (TPSA) is 104 Å². The zero-order valence-corrected chi connectivity index (χ0v) is 18.8. The van der Waals surface area contributed by atoms with Crippen LogP contribution in [0.2, 0.25) is 0 Å². The zero-order chi connectivity index (χ0) is 23.1. The SMILES string of the molecule is N#Cc1ccnc(Nc2cc(C3CC3)cc(-c3ccc4ccnc(N5CCCC5N)c4c3)n2)c1. The van der Waals surface area contributed by atoms with Crippen molar-refractivity contribution in [3.05, 3.63) is 72.1 Å². The fourth-order valence-corrected chi connectivity index (χ4v) is 4.71. The van der Waals surface area contributed by atoms with E-state index in [1.54, 1.807) is 18.3 Å². The van der Waals surface area contributed by atoms with E-state index in [1.165, 1.54) is 18.4 Å². The van der Waals surface area contributed by atoms with E-state index in [4.69, 9.17) is 15.7 Å². The summed E-state index contributed by atoms with van der Waals surface area (Å²) in [6, 6.07) is 18.4. The van der Waals surface area contributed by atoms with Crippen molar-refractivity contribution in [2.45, 2.75) is 37.8 Å². The Balaban J connectivity index is 1.42. The molecule has 0 radical (unpaired) electrons. The highest BCUT2D eigenvalue weighted by Gasteiger charge is 2.26. The number of nitrogens with zero attached hydrogens (tertiary/aromatic N) is 5. The van der Waals surface area contributed by atoms with Crippen molar-refractivity contribution in [3.8, 4) is 17.3 Å². The second-order valence-electron chi connectivity index (χ2n) is 9.09. The first-order valence-electron chi connectivity index (χ1n) is 11.7. The summed E-state index contributed by atoms with van der Waals surface area (Å²) < 4.78 is 0. The maximum Gasteiger partial charge on any atom is 0.137 e. The van der Waals surface area contributed by atoms with Crippen molar-refractivity contribution in [1.82, 2.24) is 15.0 Å². The molecule has 1 aromatic carbocycles. The van der Waals surface area contributed by atoms with Gasteiger partial charge in [0.25, 0.3) is 0 Å². The minimum absolute atomic E-state index is 0.00514. The van der Waals surface area contributed by atoms with Gasteiger partial charge in [-0.15, -0.1) is 0 Å². The third-order valence-corrected chi connectivity index (χ3v) is 6.65. The molecule has 7 nitrogen and oxygen atoms in total.